The molecule has 8 heteroatoms. The van der Waals surface area contributed by atoms with Crippen molar-refractivity contribution in [3.05, 3.63) is 41.6 Å². The van der Waals surface area contributed by atoms with E-state index in [0.29, 0.717) is 16.6 Å². The highest BCUT2D eigenvalue weighted by molar-refractivity contribution is 6.07. The Morgan fingerprint density at radius 3 is 2.44 bits per heavy atom. The Morgan fingerprint density at radius 2 is 1.88 bits per heavy atom. The molecule has 2 N–H and O–H groups in total. The number of pyridine rings is 1. The Bertz CT molecular complexity index is 803. The maximum atomic E-state index is 12.5. The number of halogens is 3. The first-order valence-electron chi connectivity index (χ1n) is 7.58. The molecule has 25 heavy (non-hydrogen) atoms. The lowest BCUT2D eigenvalue weighted by Crippen LogP contribution is -2.43. The van der Waals surface area contributed by atoms with Crippen molar-refractivity contribution in [1.29, 1.82) is 0 Å². The summed E-state index contributed by atoms with van der Waals surface area (Å²) >= 11 is 0. The number of hydrogen-bond acceptors (Lipinski definition) is 3. The smallest absolute Gasteiger partial charge is 0.391 e. The number of rotatable bonds is 5. The lowest BCUT2D eigenvalue weighted by Gasteiger charge is -2.17. The summed E-state index contributed by atoms with van der Waals surface area (Å²) in [7, 11) is 0. The van der Waals surface area contributed by atoms with Crippen LogP contribution in [0.5, 0.6) is 0 Å². The van der Waals surface area contributed by atoms with Gasteiger partial charge in [-0.15, -0.1) is 0 Å². The summed E-state index contributed by atoms with van der Waals surface area (Å²) in [4.78, 5) is 27.9. The topological polar surface area (TPSA) is 79.3 Å². The Hall–Kier alpha value is -2.64. The number of carboxylic acid groups (broad SMARTS) is 1. The zero-order valence-electron chi connectivity index (χ0n) is 13.6. The van der Waals surface area contributed by atoms with Crippen LogP contribution in [0.3, 0.4) is 0 Å². The molecule has 1 heterocycles. The largest absolute Gasteiger partial charge is 0.480 e. The number of nitrogens with one attached hydrogen (secondary N) is 1. The normalized spacial score (nSPS) is 13.0. The number of carbonyl (C=O) groups is 2. The van der Waals surface area contributed by atoms with Crippen LogP contribution in [-0.2, 0) is 4.79 Å². The van der Waals surface area contributed by atoms with Crippen LogP contribution in [0.25, 0.3) is 10.9 Å². The first-order chi connectivity index (χ1) is 11.6. The van der Waals surface area contributed by atoms with Gasteiger partial charge in [0.25, 0.3) is 5.91 Å². The molecule has 0 aliphatic rings. The molecule has 2 aromatic rings. The van der Waals surface area contributed by atoms with Gasteiger partial charge in [-0.25, -0.2) is 4.79 Å². The summed E-state index contributed by atoms with van der Waals surface area (Å²) in [5, 5.41) is 11.4. The number of carboxylic acids is 1. The van der Waals surface area contributed by atoms with Crippen molar-refractivity contribution in [2.75, 3.05) is 0 Å². The van der Waals surface area contributed by atoms with Crippen LogP contribution in [-0.4, -0.2) is 34.2 Å². The van der Waals surface area contributed by atoms with E-state index in [1.807, 2.05) is 19.2 Å². The molecule has 1 atom stereocenters. The summed E-state index contributed by atoms with van der Waals surface area (Å²) in [6.45, 7) is 3.73. The van der Waals surface area contributed by atoms with E-state index < -0.39 is 30.5 Å². The summed E-state index contributed by atoms with van der Waals surface area (Å²) in [6.07, 6.45) is -6.35. The fourth-order valence-corrected chi connectivity index (χ4v) is 2.35. The van der Waals surface area contributed by atoms with Crippen molar-refractivity contribution < 1.29 is 27.9 Å². The van der Waals surface area contributed by atoms with Crippen molar-refractivity contribution in [2.24, 2.45) is 0 Å². The molecule has 1 aromatic heterocycles. The molecule has 0 aliphatic heterocycles. The maximum absolute atomic E-state index is 12.5. The quantitative estimate of drug-likeness (QED) is 0.861. The number of alkyl halides is 3. The second-order valence-electron chi connectivity index (χ2n) is 5.95. The molecule has 1 unspecified atom stereocenters. The van der Waals surface area contributed by atoms with Crippen LogP contribution >= 0.6 is 0 Å². The molecule has 0 bridgehead atoms. The minimum Gasteiger partial charge on any atom is -0.480 e. The molecule has 0 radical (unpaired) electrons. The molecular formula is C17H17F3N2O3. The fourth-order valence-electron chi connectivity index (χ4n) is 2.35. The molecule has 0 spiro atoms. The van der Waals surface area contributed by atoms with Gasteiger partial charge < -0.3 is 10.4 Å². The standard InChI is InChI=1S/C17H17F3N2O3/c1-9(2)13-7-11(10-5-3-4-6-12(10)21-13)15(23)22-14(16(24)25)8-17(18,19)20/h3-7,9,14H,8H2,1-2H3,(H,22,23)(H,24,25). The predicted molar refractivity (Wildman–Crippen MR) is 85.4 cm³/mol. The molecule has 0 saturated carbocycles. The maximum Gasteiger partial charge on any atom is 0.391 e. The highest BCUT2D eigenvalue weighted by Gasteiger charge is 2.36. The average Bonchev–Trinajstić information content (AvgIpc) is 2.51. The van der Waals surface area contributed by atoms with E-state index >= 15 is 0 Å². The van der Waals surface area contributed by atoms with Gasteiger partial charge in [0.1, 0.15) is 6.04 Å². The number of benzene rings is 1. The summed E-state index contributed by atoms with van der Waals surface area (Å²) in [5.74, 6) is -2.63. The van der Waals surface area contributed by atoms with Gasteiger partial charge in [0, 0.05) is 11.1 Å². The molecule has 1 amide bonds. The van der Waals surface area contributed by atoms with Crippen molar-refractivity contribution in [3.8, 4) is 0 Å². The lowest BCUT2D eigenvalue weighted by atomic mass is 10.0. The molecule has 0 saturated heterocycles. The average molecular weight is 354 g/mol. The highest BCUT2D eigenvalue weighted by Crippen LogP contribution is 2.24. The number of carbonyl (C=O) groups excluding carboxylic acids is 1. The van der Waals surface area contributed by atoms with Crippen LogP contribution in [0.2, 0.25) is 0 Å². The zero-order chi connectivity index (χ0) is 18.8. The van der Waals surface area contributed by atoms with E-state index in [4.69, 9.17) is 5.11 Å². The van der Waals surface area contributed by atoms with Crippen molar-refractivity contribution in [1.82, 2.24) is 10.3 Å². The third-order valence-electron chi connectivity index (χ3n) is 3.61. The second kappa shape index (κ2) is 7.08. The van der Waals surface area contributed by atoms with Crippen molar-refractivity contribution in [2.45, 2.75) is 38.4 Å². The van der Waals surface area contributed by atoms with Crippen molar-refractivity contribution in [3.63, 3.8) is 0 Å². The van der Waals surface area contributed by atoms with E-state index in [1.165, 1.54) is 6.07 Å². The minimum absolute atomic E-state index is 0.0124. The van der Waals surface area contributed by atoms with Gasteiger partial charge in [0.15, 0.2) is 0 Å². The first-order valence-corrected chi connectivity index (χ1v) is 7.58. The van der Waals surface area contributed by atoms with Crippen LogP contribution in [0, 0.1) is 0 Å². The molecule has 5 nitrogen and oxygen atoms in total. The zero-order valence-corrected chi connectivity index (χ0v) is 13.6. The number of amides is 1. The molecule has 0 aliphatic carbocycles. The third kappa shape index (κ3) is 4.68. The van der Waals surface area contributed by atoms with Gasteiger partial charge >= 0.3 is 12.1 Å². The lowest BCUT2D eigenvalue weighted by molar-refractivity contribution is -0.157. The monoisotopic (exact) mass is 354 g/mol. The van der Waals surface area contributed by atoms with E-state index in [-0.39, 0.29) is 11.5 Å². The number of fused-ring (bicyclic) bond motifs is 1. The number of hydrogen-bond donors (Lipinski definition) is 2. The SMILES string of the molecule is CC(C)c1cc(C(=O)NC(CC(F)(F)F)C(=O)O)c2ccccc2n1. The van der Waals surface area contributed by atoms with E-state index in [2.05, 4.69) is 4.98 Å². The Morgan fingerprint density at radius 1 is 1.24 bits per heavy atom. The first kappa shape index (κ1) is 18.7. The second-order valence-corrected chi connectivity index (χ2v) is 5.95. The Kier molecular flexibility index (Phi) is 5.30. The van der Waals surface area contributed by atoms with E-state index in [9.17, 15) is 22.8 Å². The molecular weight excluding hydrogens is 337 g/mol. The third-order valence-corrected chi connectivity index (χ3v) is 3.61. The van der Waals surface area contributed by atoms with Crippen LogP contribution in [0.15, 0.2) is 30.3 Å². The van der Waals surface area contributed by atoms with Crippen LogP contribution in [0.1, 0.15) is 42.2 Å². The van der Waals surface area contributed by atoms with E-state index in [1.54, 1.807) is 24.3 Å². The fraction of sp³-hybridized carbons (Fsp3) is 0.353. The number of nitrogens with zero attached hydrogens (tertiary/aromatic N) is 1. The Labute approximate surface area is 141 Å². The van der Waals surface area contributed by atoms with Gasteiger partial charge in [-0.3, -0.25) is 9.78 Å². The predicted octanol–water partition coefficient (Wildman–Crippen LogP) is 3.49. The van der Waals surface area contributed by atoms with Gasteiger partial charge in [0.05, 0.1) is 17.5 Å². The van der Waals surface area contributed by atoms with Gasteiger partial charge in [-0.1, -0.05) is 32.0 Å². The molecule has 1 aromatic carbocycles. The summed E-state index contributed by atoms with van der Waals surface area (Å²) < 4.78 is 37.6. The van der Waals surface area contributed by atoms with E-state index in [0.717, 1.165) is 0 Å². The van der Waals surface area contributed by atoms with Gasteiger partial charge in [-0.05, 0) is 18.1 Å². The number of para-hydroxylation sites is 1. The van der Waals surface area contributed by atoms with Crippen LogP contribution in [0.4, 0.5) is 13.2 Å². The molecule has 2 rings (SSSR count). The summed E-state index contributed by atoms with van der Waals surface area (Å²) in [6, 6.07) is 6.12. The van der Waals surface area contributed by atoms with Gasteiger partial charge in [-0.2, -0.15) is 13.2 Å². The molecule has 0 fully saturated rings. The molecule has 134 valence electrons. The van der Waals surface area contributed by atoms with Crippen molar-refractivity contribution >= 4 is 22.8 Å². The van der Waals surface area contributed by atoms with Gasteiger partial charge in [0.2, 0.25) is 0 Å². The number of aliphatic carboxylic acids is 1. The van der Waals surface area contributed by atoms with Crippen LogP contribution < -0.4 is 5.32 Å². The minimum atomic E-state index is -4.71. The summed E-state index contributed by atoms with van der Waals surface area (Å²) in [5.41, 5.74) is 1.20. The Balaban J connectivity index is 2.42. The highest BCUT2D eigenvalue weighted by atomic mass is 19.4. The number of aromatic nitrogens is 1.